The first-order chi connectivity index (χ1) is 12.0. The third-order valence-electron chi connectivity index (χ3n) is 4.08. The topological polar surface area (TPSA) is 85.1 Å². The monoisotopic (exact) mass is 351 g/mol. The van der Waals surface area contributed by atoms with Crippen molar-refractivity contribution in [2.24, 2.45) is 0 Å². The second-order valence-corrected chi connectivity index (χ2v) is 6.36. The van der Waals surface area contributed by atoms with Gasteiger partial charge < -0.3 is 9.73 Å². The molecule has 0 saturated heterocycles. The van der Waals surface area contributed by atoms with Crippen LogP contribution in [0, 0.1) is 13.8 Å². The molecule has 0 fully saturated rings. The molecule has 124 valence electrons. The fourth-order valence-electron chi connectivity index (χ4n) is 2.58. The predicted molar refractivity (Wildman–Crippen MR) is 97.3 cm³/mol. The van der Waals surface area contributed by atoms with E-state index in [9.17, 15) is 9.59 Å². The quantitative estimate of drug-likeness (QED) is 0.595. The lowest BCUT2D eigenvalue weighted by Crippen LogP contribution is -2.15. The van der Waals surface area contributed by atoms with Gasteiger partial charge in [-0.15, -0.1) is 0 Å². The third-order valence-corrected chi connectivity index (χ3v) is 4.64. The summed E-state index contributed by atoms with van der Waals surface area (Å²) in [6, 6.07) is 10.0. The molecule has 0 aliphatic heterocycles. The summed E-state index contributed by atoms with van der Waals surface area (Å²) in [7, 11) is 0. The molecule has 25 heavy (non-hydrogen) atoms. The van der Waals surface area contributed by atoms with Crippen LogP contribution in [0.1, 0.15) is 21.7 Å². The normalized spacial score (nSPS) is 11.1. The molecule has 0 unspecified atom stereocenters. The van der Waals surface area contributed by atoms with Gasteiger partial charge in [0, 0.05) is 11.8 Å². The summed E-state index contributed by atoms with van der Waals surface area (Å²) in [6.07, 6.45) is 0. The smallest absolute Gasteiger partial charge is 0.291 e. The fourth-order valence-corrected chi connectivity index (χ4v) is 3.09. The van der Waals surface area contributed by atoms with E-state index >= 15 is 0 Å². The van der Waals surface area contributed by atoms with Crippen molar-refractivity contribution in [3.8, 4) is 0 Å². The minimum atomic E-state index is -0.486. The van der Waals surface area contributed by atoms with Crippen molar-refractivity contribution in [2.45, 2.75) is 13.8 Å². The number of carbonyl (C=O) groups excluding carboxylic acids is 1. The highest BCUT2D eigenvalue weighted by molar-refractivity contribution is 7.00. The van der Waals surface area contributed by atoms with Gasteiger partial charge in [0.2, 0.25) is 0 Å². The first-order valence-corrected chi connectivity index (χ1v) is 8.33. The molecule has 4 rings (SSSR count). The van der Waals surface area contributed by atoms with E-state index in [1.165, 1.54) is 6.07 Å². The Labute approximate surface area is 146 Å². The largest absolute Gasteiger partial charge is 0.451 e. The molecule has 0 bridgehead atoms. The van der Waals surface area contributed by atoms with E-state index < -0.39 is 5.91 Å². The van der Waals surface area contributed by atoms with Crippen LogP contribution in [0.5, 0.6) is 0 Å². The SMILES string of the molecule is Cc1cc2oc(C(=O)Nc3ccc4nsnc4c3)cc(=O)c2cc1C. The van der Waals surface area contributed by atoms with Crippen LogP contribution in [-0.2, 0) is 0 Å². The summed E-state index contributed by atoms with van der Waals surface area (Å²) in [6.45, 7) is 3.86. The summed E-state index contributed by atoms with van der Waals surface area (Å²) >= 11 is 1.11. The standard InChI is InChI=1S/C18H13N3O3S/c1-9-5-12-15(22)8-17(24-16(12)6-10(9)2)18(23)19-11-3-4-13-14(7-11)21-25-20-13/h3-8H,1-2H3,(H,19,23). The molecule has 1 amide bonds. The Morgan fingerprint density at radius 1 is 1.04 bits per heavy atom. The van der Waals surface area contributed by atoms with Crippen LogP contribution in [0.3, 0.4) is 0 Å². The number of benzene rings is 2. The molecule has 2 heterocycles. The van der Waals surface area contributed by atoms with E-state index in [2.05, 4.69) is 14.1 Å². The first-order valence-electron chi connectivity index (χ1n) is 7.60. The van der Waals surface area contributed by atoms with Crippen LogP contribution in [0.25, 0.3) is 22.0 Å². The van der Waals surface area contributed by atoms with Gasteiger partial charge in [-0.2, -0.15) is 8.75 Å². The highest BCUT2D eigenvalue weighted by Gasteiger charge is 2.14. The van der Waals surface area contributed by atoms with Crippen molar-refractivity contribution in [1.82, 2.24) is 8.75 Å². The van der Waals surface area contributed by atoms with Gasteiger partial charge in [0.1, 0.15) is 16.6 Å². The second kappa shape index (κ2) is 5.78. The van der Waals surface area contributed by atoms with E-state index in [1.807, 2.05) is 13.8 Å². The number of aryl methyl sites for hydroxylation is 2. The predicted octanol–water partition coefficient (Wildman–Crippen LogP) is 3.67. The van der Waals surface area contributed by atoms with Crippen LogP contribution in [-0.4, -0.2) is 14.7 Å². The van der Waals surface area contributed by atoms with Gasteiger partial charge in [0.15, 0.2) is 11.2 Å². The van der Waals surface area contributed by atoms with Gasteiger partial charge in [-0.3, -0.25) is 9.59 Å². The van der Waals surface area contributed by atoms with E-state index in [-0.39, 0.29) is 11.2 Å². The lowest BCUT2D eigenvalue weighted by atomic mass is 10.1. The number of nitrogens with one attached hydrogen (secondary N) is 1. The fraction of sp³-hybridized carbons (Fsp3) is 0.111. The summed E-state index contributed by atoms with van der Waals surface area (Å²) in [5, 5.41) is 3.19. The lowest BCUT2D eigenvalue weighted by Gasteiger charge is -2.07. The zero-order chi connectivity index (χ0) is 17.6. The van der Waals surface area contributed by atoms with E-state index in [0.717, 1.165) is 28.4 Å². The van der Waals surface area contributed by atoms with Crippen LogP contribution in [0.4, 0.5) is 5.69 Å². The zero-order valence-corrected chi connectivity index (χ0v) is 14.3. The average Bonchev–Trinajstić information content (AvgIpc) is 3.04. The molecule has 6 nitrogen and oxygen atoms in total. The van der Waals surface area contributed by atoms with Crippen LogP contribution < -0.4 is 10.7 Å². The number of rotatable bonds is 2. The summed E-state index contributed by atoms with van der Waals surface area (Å²) < 4.78 is 13.9. The summed E-state index contributed by atoms with van der Waals surface area (Å²) in [5.74, 6) is -0.517. The van der Waals surface area contributed by atoms with Gasteiger partial charge in [0.25, 0.3) is 5.91 Å². The van der Waals surface area contributed by atoms with Crippen molar-refractivity contribution in [2.75, 3.05) is 5.32 Å². The van der Waals surface area contributed by atoms with Crippen molar-refractivity contribution < 1.29 is 9.21 Å². The number of aromatic nitrogens is 2. The average molecular weight is 351 g/mol. The molecule has 2 aromatic heterocycles. The molecule has 0 atom stereocenters. The second-order valence-electron chi connectivity index (χ2n) is 5.83. The van der Waals surface area contributed by atoms with Crippen molar-refractivity contribution >= 4 is 45.3 Å². The first kappa shape index (κ1) is 15.5. The molecule has 1 N–H and O–H groups in total. The Morgan fingerprint density at radius 3 is 2.64 bits per heavy atom. The van der Waals surface area contributed by atoms with E-state index in [0.29, 0.717) is 22.2 Å². The van der Waals surface area contributed by atoms with Gasteiger partial charge in [0.05, 0.1) is 17.1 Å². The maximum atomic E-state index is 12.5. The minimum Gasteiger partial charge on any atom is -0.451 e. The van der Waals surface area contributed by atoms with Crippen LogP contribution in [0.2, 0.25) is 0 Å². The van der Waals surface area contributed by atoms with E-state index in [1.54, 1.807) is 30.3 Å². The van der Waals surface area contributed by atoms with Gasteiger partial charge >= 0.3 is 0 Å². The number of nitrogens with zero attached hydrogens (tertiary/aromatic N) is 2. The molecule has 0 radical (unpaired) electrons. The highest BCUT2D eigenvalue weighted by Crippen LogP contribution is 2.20. The molecule has 4 aromatic rings. The highest BCUT2D eigenvalue weighted by atomic mass is 32.1. The molecular weight excluding hydrogens is 338 g/mol. The third kappa shape index (κ3) is 2.78. The van der Waals surface area contributed by atoms with Crippen molar-refractivity contribution in [3.63, 3.8) is 0 Å². The molecular formula is C18H13N3O3S. The zero-order valence-electron chi connectivity index (χ0n) is 13.5. The van der Waals surface area contributed by atoms with Crippen molar-refractivity contribution in [1.29, 1.82) is 0 Å². The minimum absolute atomic E-state index is 0.0303. The number of fused-ring (bicyclic) bond motifs is 2. The van der Waals surface area contributed by atoms with Gasteiger partial charge in [-0.25, -0.2) is 0 Å². The lowest BCUT2D eigenvalue weighted by molar-refractivity contribution is 0.0997. The number of anilines is 1. The van der Waals surface area contributed by atoms with E-state index in [4.69, 9.17) is 4.42 Å². The molecule has 0 spiro atoms. The molecule has 0 saturated carbocycles. The van der Waals surface area contributed by atoms with Crippen LogP contribution >= 0.6 is 11.7 Å². The Hall–Kier alpha value is -3.06. The van der Waals surface area contributed by atoms with Crippen LogP contribution in [0.15, 0.2) is 45.6 Å². The maximum Gasteiger partial charge on any atom is 0.291 e. The Bertz CT molecular complexity index is 1190. The molecule has 0 aliphatic carbocycles. The molecule has 2 aromatic carbocycles. The summed E-state index contributed by atoms with van der Waals surface area (Å²) in [4.78, 5) is 24.8. The summed E-state index contributed by atoms with van der Waals surface area (Å²) in [5.41, 5.74) is 4.19. The number of hydrogen-bond donors (Lipinski definition) is 1. The molecule has 7 heteroatoms. The van der Waals surface area contributed by atoms with Crippen molar-refractivity contribution in [3.05, 3.63) is 63.5 Å². The van der Waals surface area contributed by atoms with Gasteiger partial charge in [-0.1, -0.05) is 0 Å². The maximum absolute atomic E-state index is 12.5. The van der Waals surface area contributed by atoms with Gasteiger partial charge in [-0.05, 0) is 55.3 Å². The Kier molecular flexibility index (Phi) is 3.58. The molecule has 0 aliphatic rings. The number of hydrogen-bond acceptors (Lipinski definition) is 6. The number of amides is 1. The number of carbonyl (C=O) groups is 1. The Balaban J connectivity index is 1.71. The Morgan fingerprint density at radius 2 is 1.80 bits per heavy atom.